The molecular formula is C12H17N3O4S. The summed E-state index contributed by atoms with van der Waals surface area (Å²) in [5, 5.41) is 33.3. The molecule has 1 atom stereocenters. The zero-order valence-corrected chi connectivity index (χ0v) is 11.8. The summed E-state index contributed by atoms with van der Waals surface area (Å²) in [7, 11) is 1.40. The number of aromatic nitrogens is 1. The van der Waals surface area contributed by atoms with E-state index in [1.54, 1.807) is 24.4 Å². The molecule has 0 bridgehead atoms. The van der Waals surface area contributed by atoms with Crippen LogP contribution in [-0.2, 0) is 4.79 Å². The molecule has 8 heteroatoms. The minimum absolute atomic E-state index is 0.102. The molecule has 1 saturated heterocycles. The van der Waals surface area contributed by atoms with Crippen molar-refractivity contribution in [3.05, 3.63) is 24.4 Å². The molecule has 0 aromatic carbocycles. The number of Topliss-reactive ketones (excluding diaryl/α,β-unsaturated/α-hetero) is 1. The largest absolute Gasteiger partial charge is 0.369 e. The molecule has 1 aliphatic heterocycles. The summed E-state index contributed by atoms with van der Waals surface area (Å²) < 4.78 is 1.12. The van der Waals surface area contributed by atoms with Gasteiger partial charge in [0.25, 0.3) is 5.78 Å². The summed E-state index contributed by atoms with van der Waals surface area (Å²) in [6.07, 6.45) is 2.10. The predicted molar refractivity (Wildman–Crippen MR) is 72.2 cm³/mol. The van der Waals surface area contributed by atoms with Gasteiger partial charge < -0.3 is 15.3 Å². The Kier molecular flexibility index (Phi) is 4.43. The van der Waals surface area contributed by atoms with Crippen molar-refractivity contribution in [2.75, 3.05) is 13.6 Å². The Balaban J connectivity index is 2.24. The summed E-state index contributed by atoms with van der Waals surface area (Å²) in [6, 6.07) is 5.19. The number of nitrogens with one attached hydrogen (secondary N) is 1. The molecule has 0 radical (unpaired) electrons. The smallest absolute Gasteiger partial charge is 0.301 e. The van der Waals surface area contributed by atoms with Crippen LogP contribution in [0.25, 0.3) is 0 Å². The first-order valence-electron chi connectivity index (χ1n) is 6.18. The first kappa shape index (κ1) is 15.4. The average Bonchev–Trinajstić information content (AvgIpc) is 2.53. The van der Waals surface area contributed by atoms with Crippen LogP contribution in [0.4, 0.5) is 0 Å². The van der Waals surface area contributed by atoms with Crippen LogP contribution in [0.5, 0.6) is 0 Å². The number of pyridine rings is 1. The highest BCUT2D eigenvalue weighted by Crippen LogP contribution is 2.33. The number of carbonyl (C=O) groups is 1. The van der Waals surface area contributed by atoms with Crippen molar-refractivity contribution < 1.29 is 20.1 Å². The highest BCUT2D eigenvalue weighted by molar-refractivity contribution is 7.97. The molecule has 0 aliphatic carbocycles. The van der Waals surface area contributed by atoms with Crippen molar-refractivity contribution in [1.29, 1.82) is 0 Å². The first-order chi connectivity index (χ1) is 9.40. The fourth-order valence-corrected chi connectivity index (χ4v) is 2.90. The second-order valence-corrected chi connectivity index (χ2v) is 5.58. The highest BCUT2D eigenvalue weighted by atomic mass is 32.2. The lowest BCUT2D eigenvalue weighted by molar-refractivity contribution is -0.233. The predicted octanol–water partition coefficient (Wildman–Crippen LogP) is -0.700. The third kappa shape index (κ3) is 2.85. The van der Waals surface area contributed by atoms with E-state index >= 15 is 0 Å². The molecule has 1 fully saturated rings. The molecule has 4 N–H and O–H groups in total. The zero-order valence-electron chi connectivity index (χ0n) is 11.0. The molecule has 0 spiro atoms. The Labute approximate surface area is 120 Å². The van der Waals surface area contributed by atoms with Crippen molar-refractivity contribution >= 4 is 17.7 Å². The Morgan fingerprint density at radius 2 is 2.15 bits per heavy atom. The average molecular weight is 299 g/mol. The van der Waals surface area contributed by atoms with Gasteiger partial charge in [-0.3, -0.25) is 10.1 Å². The topological polar surface area (TPSA) is 106 Å². The van der Waals surface area contributed by atoms with Crippen molar-refractivity contribution in [2.45, 2.75) is 29.5 Å². The standard InChI is InChI=1S/C12H17N3O4S/c1-13-11(17)6-4-8-15(12(18,19)10(11)16)20-9-5-2-3-7-14-9/h2-3,5,7,13,17-19H,4,6,8H2,1H3. The maximum atomic E-state index is 12.1. The fourth-order valence-electron chi connectivity index (χ4n) is 2.00. The van der Waals surface area contributed by atoms with Crippen molar-refractivity contribution in [3.63, 3.8) is 0 Å². The zero-order chi connectivity index (χ0) is 14.8. The van der Waals surface area contributed by atoms with Gasteiger partial charge in [-0.1, -0.05) is 6.07 Å². The van der Waals surface area contributed by atoms with E-state index in [1.165, 1.54) is 7.05 Å². The van der Waals surface area contributed by atoms with E-state index < -0.39 is 17.4 Å². The quantitative estimate of drug-likeness (QED) is 0.429. The molecule has 0 amide bonds. The number of hydrogen-bond acceptors (Lipinski definition) is 8. The number of hydrogen-bond donors (Lipinski definition) is 4. The molecule has 1 aliphatic rings. The molecule has 7 nitrogen and oxygen atoms in total. The van der Waals surface area contributed by atoms with Crippen LogP contribution in [-0.4, -0.2) is 55.6 Å². The van der Waals surface area contributed by atoms with E-state index in [-0.39, 0.29) is 13.0 Å². The second kappa shape index (κ2) is 5.76. The molecule has 1 aromatic rings. The fraction of sp³-hybridized carbons (Fsp3) is 0.500. The maximum absolute atomic E-state index is 12.1. The van der Waals surface area contributed by atoms with Crippen LogP contribution in [0.1, 0.15) is 12.8 Å². The van der Waals surface area contributed by atoms with Gasteiger partial charge in [0.1, 0.15) is 5.03 Å². The van der Waals surface area contributed by atoms with Crippen LogP contribution < -0.4 is 5.32 Å². The number of nitrogens with zero attached hydrogens (tertiary/aromatic N) is 2. The Morgan fingerprint density at radius 3 is 2.75 bits per heavy atom. The van der Waals surface area contributed by atoms with Gasteiger partial charge in [-0.25, -0.2) is 4.98 Å². The number of ketones is 1. The molecule has 2 rings (SSSR count). The van der Waals surface area contributed by atoms with Crippen LogP contribution in [0.2, 0.25) is 0 Å². The van der Waals surface area contributed by atoms with E-state index in [2.05, 4.69) is 10.3 Å². The monoisotopic (exact) mass is 299 g/mol. The highest BCUT2D eigenvalue weighted by Gasteiger charge is 2.53. The minimum atomic E-state index is -2.77. The first-order valence-corrected chi connectivity index (χ1v) is 6.95. The minimum Gasteiger partial charge on any atom is -0.369 e. The number of aliphatic hydroxyl groups is 3. The van der Waals surface area contributed by atoms with Gasteiger partial charge >= 0.3 is 5.91 Å². The van der Waals surface area contributed by atoms with Gasteiger partial charge in [0.05, 0.1) is 0 Å². The molecule has 110 valence electrons. The summed E-state index contributed by atoms with van der Waals surface area (Å²) in [5.41, 5.74) is -1.94. The van der Waals surface area contributed by atoms with Gasteiger partial charge in [-0.05, 0) is 44.0 Å². The van der Waals surface area contributed by atoms with E-state index in [9.17, 15) is 20.1 Å². The number of likely N-dealkylation sites (N-methyl/N-ethyl adjacent to an activating group) is 1. The van der Waals surface area contributed by atoms with Crippen LogP contribution in [0.3, 0.4) is 0 Å². The van der Waals surface area contributed by atoms with Gasteiger partial charge in [-0.2, -0.15) is 4.31 Å². The van der Waals surface area contributed by atoms with E-state index in [0.29, 0.717) is 11.4 Å². The molecule has 1 unspecified atom stereocenters. The molecule has 0 saturated carbocycles. The Bertz CT molecular complexity index is 485. The van der Waals surface area contributed by atoms with Crippen LogP contribution in [0, 0.1) is 0 Å². The van der Waals surface area contributed by atoms with Gasteiger partial charge in [0, 0.05) is 12.7 Å². The van der Waals surface area contributed by atoms with Crippen LogP contribution >= 0.6 is 11.9 Å². The van der Waals surface area contributed by atoms with Gasteiger partial charge in [-0.15, -0.1) is 0 Å². The normalized spacial score (nSPS) is 27.3. The number of carbonyl (C=O) groups excluding carboxylic acids is 1. The van der Waals surface area contributed by atoms with E-state index in [0.717, 1.165) is 16.3 Å². The summed E-state index contributed by atoms with van der Waals surface area (Å²) in [5.74, 6) is -3.86. The van der Waals surface area contributed by atoms with E-state index in [1.807, 2.05) is 0 Å². The second-order valence-electron chi connectivity index (χ2n) is 4.54. The van der Waals surface area contributed by atoms with E-state index in [4.69, 9.17) is 0 Å². The van der Waals surface area contributed by atoms with Crippen molar-refractivity contribution in [1.82, 2.24) is 14.6 Å². The molecule has 1 aromatic heterocycles. The SMILES string of the molecule is CNC1(O)CCCN(Sc2ccccn2)C(O)(O)C1=O. The lowest BCUT2D eigenvalue weighted by atomic mass is 10.0. The van der Waals surface area contributed by atoms with Crippen molar-refractivity contribution in [2.24, 2.45) is 0 Å². The third-order valence-corrected chi connectivity index (χ3v) is 4.27. The summed E-state index contributed by atoms with van der Waals surface area (Å²) >= 11 is 0.962. The summed E-state index contributed by atoms with van der Waals surface area (Å²) in [6.45, 7) is 0.226. The van der Waals surface area contributed by atoms with Gasteiger partial charge in [0.15, 0.2) is 5.72 Å². The maximum Gasteiger partial charge on any atom is 0.301 e. The summed E-state index contributed by atoms with van der Waals surface area (Å²) in [4.78, 5) is 16.2. The third-order valence-electron chi connectivity index (χ3n) is 3.18. The number of rotatable bonds is 3. The Morgan fingerprint density at radius 1 is 1.40 bits per heavy atom. The molecule has 2 heterocycles. The molecular weight excluding hydrogens is 282 g/mol. The Hall–Kier alpha value is -1.03. The lowest BCUT2D eigenvalue weighted by Crippen LogP contribution is -2.62. The van der Waals surface area contributed by atoms with Gasteiger partial charge in [0.2, 0.25) is 0 Å². The van der Waals surface area contributed by atoms with Crippen molar-refractivity contribution in [3.8, 4) is 0 Å². The van der Waals surface area contributed by atoms with Crippen LogP contribution in [0.15, 0.2) is 29.4 Å². The molecule has 20 heavy (non-hydrogen) atoms. The lowest BCUT2D eigenvalue weighted by Gasteiger charge is -2.33.